The molecule has 1 nitrogen and oxygen atoms in total. The lowest BCUT2D eigenvalue weighted by atomic mass is 10.1. The maximum absolute atomic E-state index is 13.1. The second-order valence-corrected chi connectivity index (χ2v) is 4.99. The Balaban J connectivity index is 1.57. The molecule has 1 fully saturated rings. The van der Waals surface area contributed by atoms with Gasteiger partial charge in [-0.2, -0.15) is 0 Å². The van der Waals surface area contributed by atoms with Gasteiger partial charge in [0.25, 0.3) is 0 Å². The van der Waals surface area contributed by atoms with E-state index in [1.807, 2.05) is 18.2 Å². The summed E-state index contributed by atoms with van der Waals surface area (Å²) >= 11 is 0. The molecule has 0 aromatic heterocycles. The zero-order valence-electron chi connectivity index (χ0n) is 10.4. The van der Waals surface area contributed by atoms with Crippen molar-refractivity contribution < 1.29 is 8.78 Å². The van der Waals surface area contributed by atoms with Crippen molar-refractivity contribution in [3.8, 4) is 0 Å². The molecule has 1 aliphatic rings. The Morgan fingerprint density at radius 2 is 1.79 bits per heavy atom. The van der Waals surface area contributed by atoms with Gasteiger partial charge in [0.1, 0.15) is 0 Å². The first-order chi connectivity index (χ1) is 9.24. The van der Waals surface area contributed by atoms with Crippen LogP contribution >= 0.6 is 0 Å². The lowest BCUT2D eigenvalue weighted by Crippen LogP contribution is -2.17. The summed E-state index contributed by atoms with van der Waals surface area (Å²) in [4.78, 5) is 0. The van der Waals surface area contributed by atoms with Gasteiger partial charge in [0.2, 0.25) is 0 Å². The predicted molar refractivity (Wildman–Crippen MR) is 70.8 cm³/mol. The summed E-state index contributed by atoms with van der Waals surface area (Å²) in [6.07, 6.45) is 0.984. The Kier molecular flexibility index (Phi) is 3.30. The van der Waals surface area contributed by atoms with Crippen molar-refractivity contribution in [2.24, 2.45) is 0 Å². The zero-order chi connectivity index (χ0) is 13.2. The first-order valence-electron chi connectivity index (χ1n) is 6.46. The van der Waals surface area contributed by atoms with Crippen molar-refractivity contribution in [1.29, 1.82) is 0 Å². The van der Waals surface area contributed by atoms with Gasteiger partial charge in [0, 0.05) is 18.5 Å². The Bertz CT molecular complexity index is 568. The van der Waals surface area contributed by atoms with Crippen molar-refractivity contribution >= 4 is 0 Å². The molecular formula is C16H15F2N. The molecular weight excluding hydrogens is 244 g/mol. The number of benzene rings is 2. The van der Waals surface area contributed by atoms with Crippen LogP contribution in [0, 0.1) is 11.6 Å². The second-order valence-electron chi connectivity index (χ2n) is 4.99. The van der Waals surface area contributed by atoms with E-state index in [0.717, 1.165) is 18.5 Å². The number of nitrogens with one attached hydrogen (secondary N) is 1. The van der Waals surface area contributed by atoms with E-state index in [1.165, 1.54) is 17.7 Å². The van der Waals surface area contributed by atoms with Crippen LogP contribution in [-0.4, -0.2) is 6.04 Å². The summed E-state index contributed by atoms with van der Waals surface area (Å²) in [6.45, 7) is 0.811. The van der Waals surface area contributed by atoms with E-state index < -0.39 is 11.6 Å². The van der Waals surface area contributed by atoms with Crippen molar-refractivity contribution in [3.63, 3.8) is 0 Å². The summed E-state index contributed by atoms with van der Waals surface area (Å²) in [5.41, 5.74) is 2.11. The second kappa shape index (κ2) is 5.10. The fourth-order valence-corrected chi connectivity index (χ4v) is 2.38. The van der Waals surface area contributed by atoms with Gasteiger partial charge in [0.15, 0.2) is 11.6 Å². The smallest absolute Gasteiger partial charge is 0.159 e. The molecule has 0 spiro atoms. The van der Waals surface area contributed by atoms with Crippen LogP contribution in [0.3, 0.4) is 0 Å². The molecule has 0 radical (unpaired) electrons. The average molecular weight is 259 g/mol. The molecule has 0 aliphatic heterocycles. The molecule has 19 heavy (non-hydrogen) atoms. The average Bonchev–Trinajstić information content (AvgIpc) is 3.20. The summed E-state index contributed by atoms with van der Waals surface area (Å²) < 4.78 is 26.0. The van der Waals surface area contributed by atoms with Gasteiger partial charge in [-0.1, -0.05) is 36.4 Å². The molecule has 2 aromatic carbocycles. The summed E-state index contributed by atoms with van der Waals surface area (Å²) in [6, 6.07) is 14.7. The maximum Gasteiger partial charge on any atom is 0.159 e. The minimum atomic E-state index is -0.779. The third-order valence-electron chi connectivity index (χ3n) is 3.57. The van der Waals surface area contributed by atoms with Crippen molar-refractivity contribution in [2.75, 3.05) is 0 Å². The maximum atomic E-state index is 13.1. The van der Waals surface area contributed by atoms with Gasteiger partial charge in [-0.05, 0) is 29.7 Å². The van der Waals surface area contributed by atoms with Crippen molar-refractivity contribution in [3.05, 3.63) is 71.3 Å². The van der Waals surface area contributed by atoms with Gasteiger partial charge in [0.05, 0.1) is 0 Å². The van der Waals surface area contributed by atoms with Gasteiger partial charge >= 0.3 is 0 Å². The molecule has 2 atom stereocenters. The minimum absolute atomic E-state index is 0.304. The van der Waals surface area contributed by atoms with E-state index in [-0.39, 0.29) is 0 Å². The largest absolute Gasteiger partial charge is 0.309 e. The number of hydrogen-bond donors (Lipinski definition) is 1. The number of hydrogen-bond acceptors (Lipinski definition) is 1. The molecule has 0 heterocycles. The topological polar surface area (TPSA) is 12.0 Å². The predicted octanol–water partition coefficient (Wildman–Crippen LogP) is 3.61. The van der Waals surface area contributed by atoms with E-state index in [4.69, 9.17) is 0 Å². The Morgan fingerprint density at radius 1 is 1.00 bits per heavy atom. The molecule has 0 unspecified atom stereocenters. The van der Waals surface area contributed by atoms with Gasteiger partial charge < -0.3 is 5.32 Å². The zero-order valence-corrected chi connectivity index (χ0v) is 10.4. The van der Waals surface area contributed by atoms with E-state index >= 15 is 0 Å². The van der Waals surface area contributed by atoms with Crippen LogP contribution in [0.25, 0.3) is 0 Å². The number of halogens is 2. The molecule has 3 rings (SSSR count). The van der Waals surface area contributed by atoms with Crippen LogP contribution in [-0.2, 0) is 6.54 Å². The molecule has 2 aromatic rings. The van der Waals surface area contributed by atoms with Crippen molar-refractivity contribution in [1.82, 2.24) is 5.32 Å². The molecule has 1 aliphatic carbocycles. The van der Waals surface area contributed by atoms with Crippen LogP contribution in [0.15, 0.2) is 48.5 Å². The van der Waals surface area contributed by atoms with E-state index in [9.17, 15) is 8.78 Å². The van der Waals surface area contributed by atoms with Crippen LogP contribution in [0.2, 0.25) is 0 Å². The highest BCUT2D eigenvalue weighted by Crippen LogP contribution is 2.41. The molecule has 1 saturated carbocycles. The summed E-state index contributed by atoms with van der Waals surface area (Å²) in [7, 11) is 0. The van der Waals surface area contributed by atoms with E-state index in [2.05, 4.69) is 17.4 Å². The molecule has 0 bridgehead atoms. The van der Waals surface area contributed by atoms with Crippen LogP contribution < -0.4 is 5.32 Å². The first-order valence-corrected chi connectivity index (χ1v) is 6.46. The molecule has 98 valence electrons. The fraction of sp³-hybridized carbons (Fsp3) is 0.250. The first kappa shape index (κ1) is 12.3. The Hall–Kier alpha value is -1.74. The van der Waals surface area contributed by atoms with Crippen LogP contribution in [0.1, 0.15) is 23.5 Å². The molecule has 3 heteroatoms. The van der Waals surface area contributed by atoms with Crippen LogP contribution in [0.4, 0.5) is 8.78 Å². The van der Waals surface area contributed by atoms with Gasteiger partial charge in [-0.25, -0.2) is 8.78 Å². The standard InChI is InChI=1S/C16H15F2N/c17-14-7-6-12(8-15(14)18)13-9-16(13)19-10-11-4-2-1-3-5-11/h1-8,13,16,19H,9-10H2/t13-,16+/m1/s1. The third-order valence-corrected chi connectivity index (χ3v) is 3.57. The highest BCUT2D eigenvalue weighted by atomic mass is 19.2. The lowest BCUT2D eigenvalue weighted by Gasteiger charge is -2.05. The van der Waals surface area contributed by atoms with E-state index in [1.54, 1.807) is 6.07 Å². The highest BCUT2D eigenvalue weighted by molar-refractivity contribution is 5.29. The SMILES string of the molecule is Fc1ccc([C@H]2C[C@@H]2NCc2ccccc2)cc1F. The highest BCUT2D eigenvalue weighted by Gasteiger charge is 2.38. The molecule has 0 amide bonds. The Labute approximate surface area is 111 Å². The van der Waals surface area contributed by atoms with Gasteiger partial charge in [-0.15, -0.1) is 0 Å². The Morgan fingerprint density at radius 3 is 2.53 bits per heavy atom. The lowest BCUT2D eigenvalue weighted by molar-refractivity contribution is 0.507. The quantitative estimate of drug-likeness (QED) is 0.884. The molecule has 1 N–H and O–H groups in total. The van der Waals surface area contributed by atoms with Crippen LogP contribution in [0.5, 0.6) is 0 Å². The van der Waals surface area contributed by atoms with Gasteiger partial charge in [-0.3, -0.25) is 0 Å². The van der Waals surface area contributed by atoms with Crippen molar-refractivity contribution in [2.45, 2.75) is 24.9 Å². The fourth-order valence-electron chi connectivity index (χ4n) is 2.38. The summed E-state index contributed by atoms with van der Waals surface area (Å²) in [5, 5.41) is 3.44. The minimum Gasteiger partial charge on any atom is -0.309 e. The summed E-state index contributed by atoms with van der Waals surface area (Å²) in [5.74, 6) is -1.23. The number of rotatable bonds is 4. The monoisotopic (exact) mass is 259 g/mol. The van der Waals surface area contributed by atoms with E-state index in [0.29, 0.717) is 12.0 Å². The third kappa shape index (κ3) is 2.82. The molecule has 0 saturated heterocycles. The normalized spacial score (nSPS) is 21.4.